The summed E-state index contributed by atoms with van der Waals surface area (Å²) >= 11 is 0. The van der Waals surface area contributed by atoms with E-state index in [2.05, 4.69) is 36.2 Å². The Morgan fingerprint density at radius 2 is 2.04 bits per heavy atom. The van der Waals surface area contributed by atoms with Crippen LogP contribution in [0.1, 0.15) is 58.8 Å². The fourth-order valence-electron chi connectivity index (χ4n) is 4.57. The van der Waals surface area contributed by atoms with E-state index in [4.69, 9.17) is 4.74 Å². The molecule has 1 amide bonds. The summed E-state index contributed by atoms with van der Waals surface area (Å²) in [6.07, 6.45) is 12.7. The van der Waals surface area contributed by atoms with Crippen molar-refractivity contribution >= 4 is 5.91 Å². The van der Waals surface area contributed by atoms with Crippen molar-refractivity contribution in [2.75, 3.05) is 26.3 Å². The first kappa shape index (κ1) is 17.9. The van der Waals surface area contributed by atoms with Crippen LogP contribution in [0.15, 0.2) is 12.2 Å². The largest absolute Gasteiger partial charge is 0.381 e. The molecule has 0 saturated carbocycles. The lowest BCUT2D eigenvalue weighted by Gasteiger charge is -2.45. The predicted octanol–water partition coefficient (Wildman–Crippen LogP) is 3.13. The minimum absolute atomic E-state index is 0.0533. The van der Waals surface area contributed by atoms with Crippen LogP contribution in [0.5, 0.6) is 0 Å². The summed E-state index contributed by atoms with van der Waals surface area (Å²) in [7, 11) is 0. The molecule has 136 valence electrons. The molecular weight excluding hydrogens is 300 g/mol. The Morgan fingerprint density at radius 3 is 2.71 bits per heavy atom. The number of nitrogens with one attached hydrogen (secondary N) is 1. The fraction of sp³-hybridized carbons (Fsp3) is 0.850. The highest BCUT2D eigenvalue weighted by Crippen LogP contribution is 2.41. The van der Waals surface area contributed by atoms with Crippen molar-refractivity contribution in [3.8, 4) is 0 Å². The van der Waals surface area contributed by atoms with E-state index in [1.165, 1.54) is 19.3 Å². The Bertz CT molecular complexity index is 457. The van der Waals surface area contributed by atoms with Crippen molar-refractivity contribution in [2.45, 2.75) is 70.9 Å². The first-order valence-electron chi connectivity index (χ1n) is 9.87. The van der Waals surface area contributed by atoms with Crippen LogP contribution in [-0.4, -0.2) is 49.2 Å². The van der Waals surface area contributed by atoms with Gasteiger partial charge in [-0.1, -0.05) is 26.0 Å². The maximum absolute atomic E-state index is 13.3. The van der Waals surface area contributed by atoms with E-state index in [-0.39, 0.29) is 6.04 Å². The topological polar surface area (TPSA) is 41.6 Å². The second kappa shape index (κ2) is 8.01. The van der Waals surface area contributed by atoms with Gasteiger partial charge < -0.3 is 15.0 Å². The molecule has 3 rings (SSSR count). The Balaban J connectivity index is 1.64. The van der Waals surface area contributed by atoms with E-state index in [1.807, 2.05) is 0 Å². The Labute approximate surface area is 147 Å². The van der Waals surface area contributed by atoms with Gasteiger partial charge in [0.15, 0.2) is 0 Å². The third-order valence-corrected chi connectivity index (χ3v) is 6.10. The number of piperidine rings is 1. The molecule has 0 aromatic heterocycles. The lowest BCUT2D eigenvalue weighted by molar-refractivity contribution is -0.138. The van der Waals surface area contributed by atoms with Gasteiger partial charge in [0.25, 0.3) is 0 Å². The Morgan fingerprint density at radius 1 is 1.25 bits per heavy atom. The normalized spacial score (nSPS) is 30.0. The standard InChI is InChI=1S/C20H34N2O2/c1-16(2)18(21-17-7-13-24-14-8-17)19(23)22-12-6-11-20(15-22)9-4-3-5-10-20/h3-4,16-18,21H,5-15H2,1-2H3/t18-,20-/m0/s1. The first-order chi connectivity index (χ1) is 11.6. The van der Waals surface area contributed by atoms with Gasteiger partial charge in [-0.25, -0.2) is 0 Å². The van der Waals surface area contributed by atoms with Crippen LogP contribution in [0, 0.1) is 11.3 Å². The third-order valence-electron chi connectivity index (χ3n) is 6.10. The third kappa shape index (κ3) is 4.20. The molecule has 3 aliphatic rings. The van der Waals surface area contributed by atoms with Gasteiger partial charge in [-0.05, 0) is 56.3 Å². The van der Waals surface area contributed by atoms with Crippen LogP contribution in [0.25, 0.3) is 0 Å². The molecule has 0 radical (unpaired) electrons. The summed E-state index contributed by atoms with van der Waals surface area (Å²) in [5.74, 6) is 0.648. The zero-order valence-electron chi connectivity index (χ0n) is 15.4. The van der Waals surface area contributed by atoms with E-state index >= 15 is 0 Å². The van der Waals surface area contributed by atoms with Gasteiger partial charge in [0.2, 0.25) is 5.91 Å². The number of ether oxygens (including phenoxy) is 1. The molecule has 2 heterocycles. The van der Waals surface area contributed by atoms with Crippen LogP contribution in [0.3, 0.4) is 0 Å². The van der Waals surface area contributed by atoms with Gasteiger partial charge in [-0.2, -0.15) is 0 Å². The van der Waals surface area contributed by atoms with Crippen LogP contribution >= 0.6 is 0 Å². The molecule has 0 bridgehead atoms. The van der Waals surface area contributed by atoms with Gasteiger partial charge in [0.1, 0.15) is 0 Å². The number of likely N-dealkylation sites (tertiary alicyclic amines) is 1. The number of hydrogen-bond acceptors (Lipinski definition) is 3. The van der Waals surface area contributed by atoms with Crippen molar-refractivity contribution in [1.29, 1.82) is 0 Å². The van der Waals surface area contributed by atoms with Crippen molar-refractivity contribution < 1.29 is 9.53 Å². The van der Waals surface area contributed by atoms with E-state index in [9.17, 15) is 4.79 Å². The molecule has 2 aliphatic heterocycles. The second-order valence-corrected chi connectivity index (χ2v) is 8.35. The number of carbonyl (C=O) groups excluding carboxylic acids is 1. The van der Waals surface area contributed by atoms with Crippen molar-refractivity contribution in [3.63, 3.8) is 0 Å². The zero-order valence-corrected chi connectivity index (χ0v) is 15.4. The van der Waals surface area contributed by atoms with Crippen LogP contribution in [-0.2, 0) is 9.53 Å². The molecule has 0 aromatic carbocycles. The van der Waals surface area contributed by atoms with E-state index < -0.39 is 0 Å². The molecule has 2 saturated heterocycles. The quantitative estimate of drug-likeness (QED) is 0.803. The maximum Gasteiger partial charge on any atom is 0.239 e. The predicted molar refractivity (Wildman–Crippen MR) is 96.8 cm³/mol. The molecule has 1 aliphatic carbocycles. The monoisotopic (exact) mass is 334 g/mol. The van der Waals surface area contributed by atoms with Crippen LogP contribution < -0.4 is 5.32 Å². The Hall–Kier alpha value is -0.870. The molecule has 4 heteroatoms. The number of allylic oxidation sites excluding steroid dienone is 2. The number of nitrogens with zero attached hydrogens (tertiary/aromatic N) is 1. The first-order valence-corrected chi connectivity index (χ1v) is 9.87. The highest BCUT2D eigenvalue weighted by atomic mass is 16.5. The van der Waals surface area contributed by atoms with Gasteiger partial charge >= 0.3 is 0 Å². The number of amides is 1. The summed E-state index contributed by atoms with van der Waals surface area (Å²) in [6.45, 7) is 7.85. The minimum atomic E-state index is -0.0533. The second-order valence-electron chi connectivity index (χ2n) is 8.35. The molecule has 24 heavy (non-hydrogen) atoms. The maximum atomic E-state index is 13.3. The molecular formula is C20H34N2O2. The summed E-state index contributed by atoms with van der Waals surface area (Å²) < 4.78 is 5.45. The average molecular weight is 335 g/mol. The summed E-state index contributed by atoms with van der Waals surface area (Å²) in [5.41, 5.74) is 0.350. The van der Waals surface area contributed by atoms with Gasteiger partial charge in [0, 0.05) is 32.3 Å². The molecule has 2 atom stereocenters. The highest BCUT2D eigenvalue weighted by molar-refractivity contribution is 5.82. The molecule has 0 aromatic rings. The summed E-state index contributed by atoms with van der Waals surface area (Å²) in [6, 6.07) is 0.369. The fourth-order valence-corrected chi connectivity index (χ4v) is 4.57. The molecule has 2 fully saturated rings. The molecule has 1 spiro atoms. The molecule has 4 nitrogen and oxygen atoms in total. The lowest BCUT2D eigenvalue weighted by Crippen LogP contribution is -2.56. The van der Waals surface area contributed by atoms with Crippen LogP contribution in [0.2, 0.25) is 0 Å². The summed E-state index contributed by atoms with van der Waals surface area (Å²) in [5, 5.41) is 3.66. The summed E-state index contributed by atoms with van der Waals surface area (Å²) in [4.78, 5) is 15.4. The zero-order chi connectivity index (χ0) is 17.0. The van der Waals surface area contributed by atoms with Crippen molar-refractivity contribution in [1.82, 2.24) is 10.2 Å². The van der Waals surface area contributed by atoms with Gasteiger partial charge in [-0.15, -0.1) is 0 Å². The van der Waals surface area contributed by atoms with Gasteiger partial charge in [-0.3, -0.25) is 4.79 Å². The number of hydrogen-bond donors (Lipinski definition) is 1. The smallest absolute Gasteiger partial charge is 0.239 e. The van der Waals surface area contributed by atoms with Crippen molar-refractivity contribution in [2.24, 2.45) is 11.3 Å². The van der Waals surface area contributed by atoms with E-state index in [0.717, 1.165) is 52.0 Å². The molecule has 1 N–H and O–H groups in total. The van der Waals surface area contributed by atoms with E-state index in [1.54, 1.807) is 0 Å². The average Bonchev–Trinajstić information content (AvgIpc) is 2.60. The molecule has 0 unspecified atom stereocenters. The number of carbonyl (C=O) groups is 1. The van der Waals surface area contributed by atoms with Crippen molar-refractivity contribution in [3.05, 3.63) is 12.2 Å². The SMILES string of the molecule is CC(C)[C@H](NC1CCOCC1)C(=O)N1CCC[C@@]2(CC=CCC2)C1. The van der Waals surface area contributed by atoms with Gasteiger partial charge in [0.05, 0.1) is 6.04 Å². The van der Waals surface area contributed by atoms with E-state index in [0.29, 0.717) is 23.3 Å². The Kier molecular flexibility index (Phi) is 5.98. The van der Waals surface area contributed by atoms with Crippen LogP contribution in [0.4, 0.5) is 0 Å². The lowest BCUT2D eigenvalue weighted by atomic mass is 9.71. The highest BCUT2D eigenvalue weighted by Gasteiger charge is 2.39. The number of rotatable bonds is 4. The minimum Gasteiger partial charge on any atom is -0.381 e.